The van der Waals surface area contributed by atoms with E-state index < -0.39 is 0 Å². The topological polar surface area (TPSA) is 4.93 Å². The van der Waals surface area contributed by atoms with Gasteiger partial charge < -0.3 is 4.57 Å². The lowest BCUT2D eigenvalue weighted by molar-refractivity contribution is 1.14. The summed E-state index contributed by atoms with van der Waals surface area (Å²) in [5.41, 5.74) is 7.91. The summed E-state index contributed by atoms with van der Waals surface area (Å²) in [6, 6.07) is 8.70. The zero-order chi connectivity index (χ0) is 16.1. The Morgan fingerprint density at radius 2 is 1.92 bits per heavy atom. The predicted molar refractivity (Wildman–Crippen MR) is 103 cm³/mol. The van der Waals surface area contributed by atoms with Crippen LogP contribution in [0.3, 0.4) is 0 Å². The SMILES string of the molecule is CC1=CC=C(n2c3c(c4ccccc42)C=CC2=CC2C=C3)C=CC1. The second-order valence-corrected chi connectivity index (χ2v) is 6.75. The zero-order valence-corrected chi connectivity index (χ0v) is 13.7. The quantitative estimate of drug-likeness (QED) is 0.610. The molecule has 1 aromatic carbocycles. The molecule has 0 saturated heterocycles. The fourth-order valence-electron chi connectivity index (χ4n) is 3.64. The van der Waals surface area contributed by atoms with Crippen molar-refractivity contribution in [1.82, 2.24) is 4.57 Å². The summed E-state index contributed by atoms with van der Waals surface area (Å²) >= 11 is 0. The van der Waals surface area contributed by atoms with Gasteiger partial charge in [0.15, 0.2) is 0 Å². The van der Waals surface area contributed by atoms with Crippen molar-refractivity contribution in [2.24, 2.45) is 5.92 Å². The maximum atomic E-state index is 2.39. The lowest BCUT2D eigenvalue weighted by atomic mass is 10.1. The standard InChI is InChI=1S/C23H19N/c1-16-5-4-6-19(12-9-16)24-22-8-3-2-7-20(22)21-13-10-17-15-18(17)11-14-23(21)24/h2-4,6-15,18H,5H2,1H3. The first-order valence-electron chi connectivity index (χ1n) is 8.57. The van der Waals surface area contributed by atoms with Crippen LogP contribution in [0.2, 0.25) is 0 Å². The zero-order valence-electron chi connectivity index (χ0n) is 13.7. The van der Waals surface area contributed by atoms with E-state index >= 15 is 0 Å². The number of benzene rings is 1. The van der Waals surface area contributed by atoms with Gasteiger partial charge in [-0.05, 0) is 43.2 Å². The van der Waals surface area contributed by atoms with Crippen LogP contribution in [0.1, 0.15) is 24.6 Å². The van der Waals surface area contributed by atoms with E-state index in [1.54, 1.807) is 0 Å². The van der Waals surface area contributed by atoms with E-state index in [9.17, 15) is 0 Å². The molecule has 1 heterocycles. The van der Waals surface area contributed by atoms with Crippen LogP contribution >= 0.6 is 0 Å². The molecule has 0 aliphatic heterocycles. The molecule has 5 rings (SSSR count). The first kappa shape index (κ1) is 13.6. The van der Waals surface area contributed by atoms with Crippen LogP contribution in [-0.4, -0.2) is 4.57 Å². The van der Waals surface area contributed by atoms with Gasteiger partial charge >= 0.3 is 0 Å². The molecule has 0 amide bonds. The van der Waals surface area contributed by atoms with Crippen molar-refractivity contribution in [2.45, 2.75) is 13.3 Å². The fraction of sp³-hybridized carbons (Fsp3) is 0.130. The third kappa shape index (κ3) is 2.09. The molecular weight excluding hydrogens is 290 g/mol. The van der Waals surface area contributed by atoms with Gasteiger partial charge in [-0.2, -0.15) is 0 Å². The van der Waals surface area contributed by atoms with E-state index in [1.807, 2.05) is 0 Å². The Morgan fingerprint density at radius 1 is 1.00 bits per heavy atom. The number of hydrogen-bond donors (Lipinski definition) is 0. The molecule has 0 saturated carbocycles. The predicted octanol–water partition coefficient (Wildman–Crippen LogP) is 5.98. The van der Waals surface area contributed by atoms with Gasteiger partial charge in [0.05, 0.1) is 11.2 Å². The van der Waals surface area contributed by atoms with E-state index in [0.29, 0.717) is 5.92 Å². The van der Waals surface area contributed by atoms with Gasteiger partial charge in [0.25, 0.3) is 0 Å². The lowest BCUT2D eigenvalue weighted by Crippen LogP contribution is -1.98. The summed E-state index contributed by atoms with van der Waals surface area (Å²) in [4.78, 5) is 0. The summed E-state index contributed by atoms with van der Waals surface area (Å²) in [6.45, 7) is 2.19. The van der Waals surface area contributed by atoms with Crippen molar-refractivity contribution in [2.75, 3.05) is 0 Å². The normalized spacial score (nSPS) is 21.2. The maximum Gasteiger partial charge on any atom is 0.0541 e. The minimum atomic E-state index is 0.529. The Labute approximate surface area is 142 Å². The highest BCUT2D eigenvalue weighted by Crippen LogP contribution is 2.39. The Morgan fingerprint density at radius 3 is 2.88 bits per heavy atom. The molecule has 1 unspecified atom stereocenters. The number of nitrogens with zero attached hydrogens (tertiary/aromatic N) is 1. The highest BCUT2D eigenvalue weighted by atomic mass is 15.0. The van der Waals surface area contributed by atoms with Crippen molar-refractivity contribution >= 4 is 28.8 Å². The van der Waals surface area contributed by atoms with Crippen LogP contribution in [0, 0.1) is 5.92 Å². The van der Waals surface area contributed by atoms with Gasteiger partial charge in [0.1, 0.15) is 0 Å². The van der Waals surface area contributed by atoms with Crippen LogP contribution in [-0.2, 0) is 0 Å². The Balaban J connectivity index is 1.82. The molecule has 1 atom stereocenters. The van der Waals surface area contributed by atoms with Crippen LogP contribution in [0.4, 0.5) is 0 Å². The molecule has 1 aromatic heterocycles. The number of aromatic nitrogens is 1. The van der Waals surface area contributed by atoms with Crippen molar-refractivity contribution in [3.8, 4) is 0 Å². The average molecular weight is 309 g/mol. The molecular formula is C23H19N. The minimum absolute atomic E-state index is 0.529. The first-order valence-corrected chi connectivity index (χ1v) is 8.57. The molecule has 0 N–H and O–H groups in total. The summed E-state index contributed by atoms with van der Waals surface area (Å²) < 4.78 is 2.39. The third-order valence-electron chi connectivity index (χ3n) is 5.03. The summed E-state index contributed by atoms with van der Waals surface area (Å²) in [7, 11) is 0. The molecule has 3 aliphatic rings. The molecule has 3 aliphatic carbocycles. The minimum Gasteiger partial charge on any atom is -0.309 e. The van der Waals surface area contributed by atoms with Crippen molar-refractivity contribution < 1.29 is 0 Å². The first-order chi connectivity index (χ1) is 11.8. The maximum absolute atomic E-state index is 2.39. The van der Waals surface area contributed by atoms with E-state index in [1.165, 1.54) is 39.0 Å². The average Bonchev–Trinajstić information content (AvgIpc) is 3.29. The number of allylic oxidation sites excluding steroid dienone is 10. The molecule has 1 heteroatoms. The molecule has 1 nitrogen and oxygen atoms in total. The smallest absolute Gasteiger partial charge is 0.0541 e. The molecule has 0 spiro atoms. The second-order valence-electron chi connectivity index (χ2n) is 6.75. The van der Waals surface area contributed by atoms with E-state index in [2.05, 4.69) is 90.4 Å². The molecule has 0 fully saturated rings. The van der Waals surface area contributed by atoms with Crippen LogP contribution in [0.5, 0.6) is 0 Å². The number of para-hydroxylation sites is 1. The van der Waals surface area contributed by atoms with Crippen molar-refractivity contribution in [3.63, 3.8) is 0 Å². The van der Waals surface area contributed by atoms with Crippen molar-refractivity contribution in [3.05, 3.63) is 89.2 Å². The van der Waals surface area contributed by atoms with E-state index in [-0.39, 0.29) is 0 Å². The highest BCUT2D eigenvalue weighted by molar-refractivity contribution is 5.98. The fourth-order valence-corrected chi connectivity index (χ4v) is 3.64. The van der Waals surface area contributed by atoms with Crippen LogP contribution in [0.25, 0.3) is 28.8 Å². The van der Waals surface area contributed by atoms with Crippen molar-refractivity contribution in [1.29, 1.82) is 0 Å². The van der Waals surface area contributed by atoms with E-state index in [0.717, 1.165) is 6.42 Å². The van der Waals surface area contributed by atoms with E-state index in [4.69, 9.17) is 0 Å². The Bertz CT molecular complexity index is 1030. The Hall–Kier alpha value is -2.80. The largest absolute Gasteiger partial charge is 0.309 e. The van der Waals surface area contributed by atoms with Gasteiger partial charge in [-0.1, -0.05) is 60.2 Å². The molecule has 0 radical (unpaired) electrons. The highest BCUT2D eigenvalue weighted by Gasteiger charge is 2.23. The molecule has 2 aromatic rings. The molecule has 116 valence electrons. The third-order valence-corrected chi connectivity index (χ3v) is 5.03. The number of fused-ring (bicyclic) bond motifs is 4. The Kier molecular flexibility index (Phi) is 2.90. The van der Waals surface area contributed by atoms with Gasteiger partial charge in [0, 0.05) is 22.6 Å². The second kappa shape index (κ2) is 5.10. The molecule has 0 bridgehead atoms. The molecule has 24 heavy (non-hydrogen) atoms. The van der Waals surface area contributed by atoms with Gasteiger partial charge in [-0.3, -0.25) is 0 Å². The summed E-state index contributed by atoms with van der Waals surface area (Å²) in [5.74, 6) is 0.529. The summed E-state index contributed by atoms with van der Waals surface area (Å²) in [6.07, 6.45) is 21.5. The summed E-state index contributed by atoms with van der Waals surface area (Å²) in [5, 5.41) is 1.31. The van der Waals surface area contributed by atoms with Gasteiger partial charge in [-0.15, -0.1) is 0 Å². The number of hydrogen-bond acceptors (Lipinski definition) is 0. The monoisotopic (exact) mass is 309 g/mol. The lowest BCUT2D eigenvalue weighted by Gasteiger charge is -2.10. The van der Waals surface area contributed by atoms with Crippen LogP contribution < -0.4 is 0 Å². The van der Waals surface area contributed by atoms with Gasteiger partial charge in [-0.25, -0.2) is 0 Å². The van der Waals surface area contributed by atoms with Gasteiger partial charge in [0.2, 0.25) is 0 Å². The van der Waals surface area contributed by atoms with Crippen LogP contribution in [0.15, 0.2) is 77.9 Å². The number of rotatable bonds is 1.